The second kappa shape index (κ2) is 11.7. The molecule has 1 aliphatic heterocycles. The van der Waals surface area contributed by atoms with Crippen LogP contribution in [0.1, 0.15) is 48.7 Å². The second-order valence-corrected chi connectivity index (χ2v) is 7.93. The zero-order valence-electron chi connectivity index (χ0n) is 18.7. The number of rotatable bonds is 11. The maximum Gasteiger partial charge on any atom is 0.287 e. The molecule has 1 saturated heterocycles. The van der Waals surface area contributed by atoms with E-state index in [0.29, 0.717) is 37.6 Å². The highest BCUT2D eigenvalue weighted by atomic mass is 16.5. The highest BCUT2D eigenvalue weighted by Gasteiger charge is 2.17. The fourth-order valence-electron chi connectivity index (χ4n) is 3.83. The summed E-state index contributed by atoms with van der Waals surface area (Å²) in [5.74, 6) is 1.01. The lowest BCUT2D eigenvalue weighted by Crippen LogP contribution is -3.14. The minimum Gasteiger partial charge on any atom is -0.454 e. The van der Waals surface area contributed by atoms with Crippen LogP contribution in [0.5, 0.6) is 0 Å². The van der Waals surface area contributed by atoms with Gasteiger partial charge in [-0.3, -0.25) is 9.59 Å². The molecule has 0 atom stereocenters. The average molecular weight is 432 g/mol. The first-order valence-corrected chi connectivity index (χ1v) is 11.3. The number of aromatic nitrogens is 1. The lowest BCUT2D eigenvalue weighted by molar-refractivity contribution is -0.906. The summed E-state index contributed by atoms with van der Waals surface area (Å²) in [5, 5.41) is 2.94. The molecule has 1 fully saturated rings. The summed E-state index contributed by atoms with van der Waals surface area (Å²) in [6.45, 7) is 10.9. The first kappa shape index (κ1) is 23.1. The summed E-state index contributed by atoms with van der Waals surface area (Å²) >= 11 is 0. The molecule has 2 amide bonds. The zero-order valence-corrected chi connectivity index (χ0v) is 18.7. The molecule has 0 aromatic carbocycles. The molecule has 170 valence electrons. The molecule has 31 heavy (non-hydrogen) atoms. The molecule has 1 aliphatic rings. The summed E-state index contributed by atoms with van der Waals surface area (Å²) in [4.78, 5) is 28.0. The van der Waals surface area contributed by atoms with Gasteiger partial charge in [-0.2, -0.15) is 0 Å². The minimum atomic E-state index is -0.186. The van der Waals surface area contributed by atoms with E-state index >= 15 is 0 Å². The van der Waals surface area contributed by atoms with Gasteiger partial charge >= 0.3 is 0 Å². The Bertz CT molecular complexity index is 838. The van der Waals surface area contributed by atoms with Gasteiger partial charge in [-0.25, -0.2) is 0 Å². The number of hydrogen-bond donors (Lipinski definition) is 2. The monoisotopic (exact) mass is 431 g/mol. The van der Waals surface area contributed by atoms with E-state index in [-0.39, 0.29) is 11.8 Å². The van der Waals surface area contributed by atoms with Crippen LogP contribution in [-0.2, 0) is 22.6 Å². The Kier molecular flexibility index (Phi) is 8.73. The number of nitrogens with zero attached hydrogens (tertiary/aromatic N) is 2. The largest absolute Gasteiger partial charge is 0.454 e. The highest BCUT2D eigenvalue weighted by Crippen LogP contribution is 2.14. The van der Waals surface area contributed by atoms with Crippen molar-refractivity contribution in [2.75, 3.05) is 45.9 Å². The lowest BCUT2D eigenvalue weighted by Gasteiger charge is -2.23. The Morgan fingerprint density at radius 2 is 2.00 bits per heavy atom. The SMILES string of the molecule is CCCN(Cc1cccn1Cc1ccc(C(=O)NCC[NH+]2CCOCC2)o1)C(=O)CC. The molecule has 2 aromatic rings. The second-order valence-electron chi connectivity index (χ2n) is 7.93. The molecular formula is C23H35N4O4+. The quantitative estimate of drug-likeness (QED) is 0.555. The zero-order chi connectivity index (χ0) is 22.1. The van der Waals surface area contributed by atoms with Gasteiger partial charge < -0.3 is 28.8 Å². The van der Waals surface area contributed by atoms with Crippen LogP contribution in [0, 0.1) is 0 Å². The van der Waals surface area contributed by atoms with Gasteiger partial charge in [-0.1, -0.05) is 13.8 Å². The normalized spacial score (nSPS) is 14.5. The smallest absolute Gasteiger partial charge is 0.287 e. The highest BCUT2D eigenvalue weighted by molar-refractivity contribution is 5.91. The van der Waals surface area contributed by atoms with Crippen LogP contribution in [-0.4, -0.2) is 67.2 Å². The molecule has 0 bridgehead atoms. The topological polar surface area (TPSA) is 81.2 Å². The van der Waals surface area contributed by atoms with Crippen LogP contribution >= 0.6 is 0 Å². The van der Waals surface area contributed by atoms with E-state index in [1.165, 1.54) is 4.90 Å². The standard InChI is InChI=1S/C23H34N4O4/c1-3-10-27(22(28)4-2)17-19-6-5-11-26(19)18-20-7-8-21(31-20)23(29)24-9-12-25-13-15-30-16-14-25/h5-8,11H,3-4,9-10,12-18H2,1-2H3,(H,24,29)/p+1. The van der Waals surface area contributed by atoms with E-state index in [1.54, 1.807) is 6.07 Å². The minimum absolute atomic E-state index is 0.158. The number of hydrogen-bond acceptors (Lipinski definition) is 4. The van der Waals surface area contributed by atoms with Gasteiger partial charge in [0.2, 0.25) is 5.91 Å². The molecular weight excluding hydrogens is 396 g/mol. The fourth-order valence-corrected chi connectivity index (χ4v) is 3.83. The van der Waals surface area contributed by atoms with Crippen LogP contribution in [0.4, 0.5) is 0 Å². The third-order valence-corrected chi connectivity index (χ3v) is 5.60. The number of carbonyl (C=O) groups excluding carboxylic acids is 2. The number of furan rings is 1. The van der Waals surface area contributed by atoms with Gasteiger partial charge in [0.1, 0.15) is 18.8 Å². The molecule has 2 N–H and O–H groups in total. The van der Waals surface area contributed by atoms with Crippen molar-refractivity contribution in [3.8, 4) is 0 Å². The molecule has 0 radical (unpaired) electrons. The van der Waals surface area contributed by atoms with Crippen LogP contribution in [0.2, 0.25) is 0 Å². The predicted octanol–water partition coefficient (Wildman–Crippen LogP) is 0.923. The van der Waals surface area contributed by atoms with Crippen molar-refractivity contribution in [3.05, 3.63) is 47.7 Å². The van der Waals surface area contributed by atoms with E-state index in [9.17, 15) is 9.59 Å². The molecule has 0 spiro atoms. The van der Waals surface area contributed by atoms with Gasteiger partial charge in [0, 0.05) is 24.9 Å². The lowest BCUT2D eigenvalue weighted by atomic mass is 10.3. The van der Waals surface area contributed by atoms with E-state index in [0.717, 1.165) is 51.5 Å². The molecule has 3 heterocycles. The van der Waals surface area contributed by atoms with E-state index < -0.39 is 0 Å². The number of quaternary nitrogens is 1. The van der Waals surface area contributed by atoms with Gasteiger partial charge in [0.25, 0.3) is 5.91 Å². The Morgan fingerprint density at radius 3 is 2.74 bits per heavy atom. The Labute approximate surface area is 184 Å². The summed E-state index contributed by atoms with van der Waals surface area (Å²) in [6, 6.07) is 7.56. The first-order valence-electron chi connectivity index (χ1n) is 11.3. The summed E-state index contributed by atoms with van der Waals surface area (Å²) < 4.78 is 13.2. The number of amides is 2. The van der Waals surface area contributed by atoms with Gasteiger partial charge in [0.15, 0.2) is 5.76 Å². The molecule has 0 saturated carbocycles. The molecule has 3 rings (SSSR count). The third-order valence-electron chi connectivity index (χ3n) is 5.60. The summed E-state index contributed by atoms with van der Waals surface area (Å²) in [6.07, 6.45) is 3.41. The van der Waals surface area contributed by atoms with Crippen molar-refractivity contribution in [2.45, 2.75) is 39.8 Å². The maximum atomic E-state index is 12.4. The van der Waals surface area contributed by atoms with Crippen molar-refractivity contribution in [1.29, 1.82) is 0 Å². The number of carbonyl (C=O) groups is 2. The number of morpholine rings is 1. The fraction of sp³-hybridized carbons (Fsp3) is 0.565. The van der Waals surface area contributed by atoms with Crippen LogP contribution in [0.15, 0.2) is 34.9 Å². The molecule has 0 aliphatic carbocycles. The van der Waals surface area contributed by atoms with Crippen molar-refractivity contribution in [1.82, 2.24) is 14.8 Å². The van der Waals surface area contributed by atoms with Gasteiger partial charge in [-0.15, -0.1) is 0 Å². The number of ether oxygens (including phenoxy) is 1. The third kappa shape index (κ3) is 6.70. The van der Waals surface area contributed by atoms with Crippen LogP contribution < -0.4 is 10.2 Å². The van der Waals surface area contributed by atoms with Gasteiger partial charge in [0.05, 0.1) is 39.4 Å². The molecule has 8 heteroatoms. The van der Waals surface area contributed by atoms with Crippen molar-refractivity contribution < 1.29 is 23.6 Å². The summed E-state index contributed by atoms with van der Waals surface area (Å²) in [7, 11) is 0. The summed E-state index contributed by atoms with van der Waals surface area (Å²) in [5.41, 5.74) is 1.05. The average Bonchev–Trinajstić information content (AvgIpc) is 3.43. The maximum absolute atomic E-state index is 12.4. The van der Waals surface area contributed by atoms with Crippen LogP contribution in [0.3, 0.4) is 0 Å². The van der Waals surface area contributed by atoms with E-state index in [1.807, 2.05) is 36.2 Å². The molecule has 2 aromatic heterocycles. The van der Waals surface area contributed by atoms with E-state index in [4.69, 9.17) is 9.15 Å². The number of nitrogens with one attached hydrogen (secondary N) is 2. The van der Waals surface area contributed by atoms with Gasteiger partial charge in [-0.05, 0) is 30.7 Å². The van der Waals surface area contributed by atoms with Crippen LogP contribution in [0.25, 0.3) is 0 Å². The Morgan fingerprint density at radius 1 is 1.19 bits per heavy atom. The van der Waals surface area contributed by atoms with Crippen molar-refractivity contribution in [2.24, 2.45) is 0 Å². The molecule has 0 unspecified atom stereocenters. The predicted molar refractivity (Wildman–Crippen MR) is 117 cm³/mol. The van der Waals surface area contributed by atoms with E-state index in [2.05, 4.69) is 16.8 Å². The molecule has 8 nitrogen and oxygen atoms in total. The van der Waals surface area contributed by atoms with Crippen molar-refractivity contribution in [3.63, 3.8) is 0 Å². The Balaban J connectivity index is 1.53. The Hall–Kier alpha value is -2.58. The van der Waals surface area contributed by atoms with Crippen molar-refractivity contribution >= 4 is 11.8 Å². The first-order chi connectivity index (χ1) is 15.1.